The summed E-state index contributed by atoms with van der Waals surface area (Å²) in [6.45, 7) is 0. The Balaban J connectivity index is 1.97. The molecule has 3 aliphatic rings. The van der Waals surface area contributed by atoms with Crippen LogP contribution in [0.5, 0.6) is 0 Å². The van der Waals surface area contributed by atoms with E-state index < -0.39 is 0 Å². The molecule has 0 spiro atoms. The van der Waals surface area contributed by atoms with Gasteiger partial charge < -0.3 is 0 Å². The van der Waals surface area contributed by atoms with Crippen LogP contribution in [0.25, 0.3) is 10.9 Å². The van der Waals surface area contributed by atoms with Crippen LogP contribution in [0, 0.1) is 5.92 Å². The largest absolute Gasteiger partial charge is 0.281 e. The third kappa shape index (κ3) is 0.924. The van der Waals surface area contributed by atoms with E-state index in [1.807, 2.05) is 0 Å². The van der Waals surface area contributed by atoms with Crippen molar-refractivity contribution in [3.05, 3.63) is 28.4 Å². The number of benzene rings is 1. The third-order valence-corrected chi connectivity index (χ3v) is 4.58. The van der Waals surface area contributed by atoms with E-state index in [1.54, 1.807) is 0 Å². The molecule has 76 valence electrons. The molecule has 0 amide bonds. The summed E-state index contributed by atoms with van der Waals surface area (Å²) in [5.41, 5.74) is 2.94. The average molecular weight is 263 g/mol. The lowest BCUT2D eigenvalue weighted by Gasteiger charge is -2.61. The van der Waals surface area contributed by atoms with Crippen LogP contribution in [0.3, 0.4) is 0 Å². The summed E-state index contributed by atoms with van der Waals surface area (Å²) in [6.07, 6.45) is 4.12. The SMILES string of the molecule is Brc1ccc2n[nH]c(C34CC(C3)C4)c2c1. The Morgan fingerprint density at radius 2 is 2.13 bits per heavy atom. The lowest BCUT2D eigenvalue weighted by Crippen LogP contribution is -2.55. The molecule has 0 radical (unpaired) electrons. The number of fused-ring (bicyclic) bond motifs is 1. The van der Waals surface area contributed by atoms with Crippen LogP contribution in [0.4, 0.5) is 0 Å². The van der Waals surface area contributed by atoms with Crippen LogP contribution in [-0.4, -0.2) is 10.2 Å². The standard InChI is InChI=1S/C12H11BrN2/c13-8-1-2-10-9(3-8)11(15-14-10)12-4-7(5-12)6-12/h1-3,7H,4-6H2,(H,14,15). The topological polar surface area (TPSA) is 28.7 Å². The molecule has 1 N–H and O–H groups in total. The molecule has 2 bridgehead atoms. The predicted octanol–water partition coefficient (Wildman–Crippen LogP) is 3.38. The van der Waals surface area contributed by atoms with Gasteiger partial charge in [-0.25, -0.2) is 0 Å². The fourth-order valence-electron chi connectivity index (χ4n) is 3.17. The predicted molar refractivity (Wildman–Crippen MR) is 62.8 cm³/mol. The van der Waals surface area contributed by atoms with Crippen LogP contribution >= 0.6 is 15.9 Å². The summed E-state index contributed by atoms with van der Waals surface area (Å²) in [7, 11) is 0. The first-order chi connectivity index (χ1) is 7.27. The number of hydrogen-bond donors (Lipinski definition) is 1. The van der Waals surface area contributed by atoms with Gasteiger partial charge >= 0.3 is 0 Å². The maximum atomic E-state index is 4.39. The highest BCUT2D eigenvalue weighted by Gasteiger charge is 2.58. The Morgan fingerprint density at radius 1 is 1.33 bits per heavy atom. The molecular formula is C12H11BrN2. The minimum absolute atomic E-state index is 0.472. The zero-order valence-electron chi connectivity index (χ0n) is 8.26. The molecule has 0 aliphatic heterocycles. The van der Waals surface area contributed by atoms with E-state index >= 15 is 0 Å². The molecule has 0 unspecified atom stereocenters. The van der Waals surface area contributed by atoms with E-state index in [2.05, 4.69) is 44.3 Å². The first-order valence-electron chi connectivity index (χ1n) is 5.41. The number of halogens is 1. The van der Waals surface area contributed by atoms with Crippen LogP contribution < -0.4 is 0 Å². The van der Waals surface area contributed by atoms with Crippen molar-refractivity contribution in [3.63, 3.8) is 0 Å². The molecule has 2 nitrogen and oxygen atoms in total. The number of rotatable bonds is 1. The van der Waals surface area contributed by atoms with Gasteiger partial charge in [-0.2, -0.15) is 5.10 Å². The number of aromatic amines is 1. The Bertz CT molecular complexity index is 541. The summed E-state index contributed by atoms with van der Waals surface area (Å²) in [5.74, 6) is 1.01. The van der Waals surface area contributed by atoms with Crippen LogP contribution in [0.2, 0.25) is 0 Å². The fraction of sp³-hybridized carbons (Fsp3) is 0.417. The molecule has 3 saturated carbocycles. The highest BCUT2D eigenvalue weighted by atomic mass is 79.9. The van der Waals surface area contributed by atoms with E-state index in [9.17, 15) is 0 Å². The molecule has 0 atom stereocenters. The van der Waals surface area contributed by atoms with E-state index in [0.717, 1.165) is 15.9 Å². The maximum absolute atomic E-state index is 4.39. The zero-order chi connectivity index (χ0) is 10.0. The van der Waals surface area contributed by atoms with Gasteiger partial charge in [0.05, 0.1) is 5.52 Å². The summed E-state index contributed by atoms with van der Waals surface area (Å²) in [6, 6.07) is 6.31. The second-order valence-corrected chi connectivity index (χ2v) is 5.93. The van der Waals surface area contributed by atoms with Gasteiger partial charge in [0.15, 0.2) is 0 Å². The van der Waals surface area contributed by atoms with Crippen molar-refractivity contribution in [2.24, 2.45) is 5.92 Å². The number of hydrogen-bond acceptors (Lipinski definition) is 1. The van der Waals surface area contributed by atoms with Crippen molar-refractivity contribution in [2.75, 3.05) is 0 Å². The summed E-state index contributed by atoms with van der Waals surface area (Å²) >= 11 is 3.53. The summed E-state index contributed by atoms with van der Waals surface area (Å²) in [5, 5.41) is 8.95. The minimum Gasteiger partial charge on any atom is -0.281 e. The molecule has 15 heavy (non-hydrogen) atoms. The van der Waals surface area contributed by atoms with Crippen molar-refractivity contribution in [2.45, 2.75) is 24.7 Å². The second kappa shape index (κ2) is 2.46. The van der Waals surface area contributed by atoms with Gasteiger partial charge in [0, 0.05) is 21.0 Å². The van der Waals surface area contributed by atoms with Crippen molar-refractivity contribution in [3.8, 4) is 0 Å². The second-order valence-electron chi connectivity index (χ2n) is 5.02. The normalized spacial score (nSPS) is 32.5. The van der Waals surface area contributed by atoms with Gasteiger partial charge in [0.1, 0.15) is 0 Å². The number of nitrogens with one attached hydrogen (secondary N) is 1. The summed E-state index contributed by atoms with van der Waals surface area (Å²) < 4.78 is 1.14. The molecule has 1 aromatic carbocycles. The van der Waals surface area contributed by atoms with E-state index in [4.69, 9.17) is 0 Å². The van der Waals surface area contributed by atoms with Gasteiger partial charge in [-0.15, -0.1) is 0 Å². The monoisotopic (exact) mass is 262 g/mol. The smallest absolute Gasteiger partial charge is 0.0924 e. The van der Waals surface area contributed by atoms with Crippen LogP contribution in [-0.2, 0) is 5.41 Å². The van der Waals surface area contributed by atoms with Crippen molar-refractivity contribution in [1.82, 2.24) is 10.2 Å². The molecule has 3 fully saturated rings. The lowest BCUT2D eigenvalue weighted by molar-refractivity contribution is -0.0297. The lowest BCUT2D eigenvalue weighted by atomic mass is 9.43. The fourth-order valence-corrected chi connectivity index (χ4v) is 3.53. The van der Waals surface area contributed by atoms with Gasteiger partial charge in [0.25, 0.3) is 0 Å². The molecule has 1 heterocycles. The number of aromatic nitrogens is 2. The molecular weight excluding hydrogens is 252 g/mol. The molecule has 3 aliphatic carbocycles. The zero-order valence-corrected chi connectivity index (χ0v) is 9.84. The maximum Gasteiger partial charge on any atom is 0.0924 e. The molecule has 1 aromatic heterocycles. The van der Waals surface area contributed by atoms with Crippen LogP contribution in [0.1, 0.15) is 25.0 Å². The number of nitrogens with zero attached hydrogens (tertiary/aromatic N) is 1. The first-order valence-corrected chi connectivity index (χ1v) is 6.20. The molecule has 5 rings (SSSR count). The number of H-pyrrole nitrogens is 1. The average Bonchev–Trinajstić information content (AvgIpc) is 2.44. The summed E-state index contributed by atoms with van der Waals surface area (Å²) in [4.78, 5) is 0. The van der Waals surface area contributed by atoms with E-state index in [0.29, 0.717) is 5.41 Å². The Kier molecular flexibility index (Phi) is 1.37. The molecule has 0 saturated heterocycles. The van der Waals surface area contributed by atoms with Crippen molar-refractivity contribution < 1.29 is 0 Å². The van der Waals surface area contributed by atoms with E-state index in [1.165, 1.54) is 30.3 Å². The Labute approximate surface area is 96.2 Å². The van der Waals surface area contributed by atoms with Crippen LogP contribution in [0.15, 0.2) is 22.7 Å². The Hall–Kier alpha value is -0.830. The van der Waals surface area contributed by atoms with Gasteiger partial charge in [-0.1, -0.05) is 15.9 Å². The van der Waals surface area contributed by atoms with Gasteiger partial charge in [0.2, 0.25) is 0 Å². The minimum atomic E-state index is 0.472. The van der Waals surface area contributed by atoms with E-state index in [-0.39, 0.29) is 0 Å². The van der Waals surface area contributed by atoms with Gasteiger partial charge in [-0.3, -0.25) is 5.10 Å². The van der Waals surface area contributed by atoms with Crippen molar-refractivity contribution in [1.29, 1.82) is 0 Å². The highest BCUT2D eigenvalue weighted by Crippen LogP contribution is 2.65. The third-order valence-electron chi connectivity index (χ3n) is 4.08. The first kappa shape index (κ1) is 8.34. The Morgan fingerprint density at radius 3 is 2.80 bits per heavy atom. The molecule has 2 aromatic rings. The highest BCUT2D eigenvalue weighted by molar-refractivity contribution is 9.10. The quantitative estimate of drug-likeness (QED) is 0.839. The molecule has 3 heteroatoms. The van der Waals surface area contributed by atoms with Gasteiger partial charge in [-0.05, 0) is 43.4 Å². The van der Waals surface area contributed by atoms with Crippen molar-refractivity contribution >= 4 is 26.8 Å².